The third-order valence-electron chi connectivity index (χ3n) is 1.76. The molecule has 1 atom stereocenters. The second kappa shape index (κ2) is 5.26. The Morgan fingerprint density at radius 3 is 1.47 bits per heavy atom. The highest BCUT2D eigenvalue weighted by Gasteiger charge is 2.52. The fourth-order valence-electron chi connectivity index (χ4n) is 1.17. The molecule has 10 nitrogen and oxygen atoms in total. The molecule has 0 fully saturated rings. The Morgan fingerprint density at radius 1 is 0.941 bits per heavy atom. The van der Waals surface area contributed by atoms with Crippen molar-refractivity contribution in [1.29, 1.82) is 0 Å². The lowest BCUT2D eigenvalue weighted by atomic mass is 10.1. The minimum atomic E-state index is -5.47. The summed E-state index contributed by atoms with van der Waals surface area (Å²) in [5.41, 5.74) is 0. The van der Waals surface area contributed by atoms with Crippen LogP contribution < -0.4 is 0 Å². The smallest absolute Gasteiger partial charge is 0.341 e. The van der Waals surface area contributed by atoms with Crippen LogP contribution in [0.5, 0.6) is 0 Å². The summed E-state index contributed by atoms with van der Waals surface area (Å²) in [6, 6.07) is 0. The lowest BCUT2D eigenvalue weighted by Gasteiger charge is -2.24. The van der Waals surface area contributed by atoms with Gasteiger partial charge in [-0.1, -0.05) is 0 Å². The zero-order chi connectivity index (χ0) is 14.0. The Morgan fingerprint density at radius 2 is 1.29 bits per heavy atom. The SMILES string of the molecule is O=C(O)C[C@@H](C(=O)O)C(P(=O)(O)O)P(=O)(O)O. The van der Waals surface area contributed by atoms with Gasteiger partial charge in [-0.05, 0) is 0 Å². The van der Waals surface area contributed by atoms with Crippen LogP contribution in [0.3, 0.4) is 0 Å². The average molecular weight is 292 g/mol. The summed E-state index contributed by atoms with van der Waals surface area (Å²) in [5.74, 6) is -6.14. The van der Waals surface area contributed by atoms with E-state index in [0.29, 0.717) is 0 Å². The van der Waals surface area contributed by atoms with E-state index < -0.39 is 44.9 Å². The van der Waals surface area contributed by atoms with Crippen LogP contribution >= 0.6 is 15.2 Å². The third kappa shape index (κ3) is 4.95. The number of carboxylic acid groups (broad SMARTS) is 2. The normalized spacial score (nSPS) is 14.6. The zero-order valence-corrected chi connectivity index (χ0v) is 9.86. The van der Waals surface area contributed by atoms with Crippen LogP contribution in [0.4, 0.5) is 0 Å². The fourth-order valence-corrected chi connectivity index (χ4v) is 4.14. The molecule has 0 spiro atoms. The summed E-state index contributed by atoms with van der Waals surface area (Å²) < 4.78 is 21.7. The molecule has 0 aromatic heterocycles. The molecular formula is C5H10O10P2. The highest BCUT2D eigenvalue weighted by Crippen LogP contribution is 2.63. The van der Waals surface area contributed by atoms with Crippen molar-refractivity contribution >= 4 is 27.1 Å². The molecule has 0 rings (SSSR count). The van der Waals surface area contributed by atoms with Crippen molar-refractivity contribution in [3.05, 3.63) is 0 Å². The maximum atomic E-state index is 10.9. The van der Waals surface area contributed by atoms with Crippen LogP contribution in [0.2, 0.25) is 0 Å². The van der Waals surface area contributed by atoms with Crippen molar-refractivity contribution < 1.29 is 48.5 Å². The van der Waals surface area contributed by atoms with Gasteiger partial charge in [0.1, 0.15) is 0 Å². The van der Waals surface area contributed by atoms with Crippen molar-refractivity contribution in [3.8, 4) is 0 Å². The van der Waals surface area contributed by atoms with Gasteiger partial charge >= 0.3 is 27.1 Å². The molecule has 0 aromatic rings. The van der Waals surface area contributed by atoms with Gasteiger partial charge < -0.3 is 29.8 Å². The van der Waals surface area contributed by atoms with Gasteiger partial charge in [-0.2, -0.15) is 0 Å². The van der Waals surface area contributed by atoms with E-state index in [1.165, 1.54) is 0 Å². The van der Waals surface area contributed by atoms with E-state index in [-0.39, 0.29) is 0 Å². The van der Waals surface area contributed by atoms with Gasteiger partial charge in [-0.25, -0.2) is 0 Å². The van der Waals surface area contributed by atoms with Gasteiger partial charge in [-0.15, -0.1) is 0 Å². The number of carboxylic acids is 2. The third-order valence-corrected chi connectivity index (χ3v) is 5.66. The molecule has 0 radical (unpaired) electrons. The molecule has 0 amide bonds. The van der Waals surface area contributed by atoms with E-state index in [9.17, 15) is 18.7 Å². The molecular weight excluding hydrogens is 282 g/mol. The average Bonchev–Trinajstić information content (AvgIpc) is 1.95. The molecule has 12 heteroatoms. The van der Waals surface area contributed by atoms with Gasteiger partial charge in [-0.3, -0.25) is 18.7 Å². The molecule has 100 valence electrons. The lowest BCUT2D eigenvalue weighted by molar-refractivity contribution is -0.148. The number of rotatable bonds is 6. The molecule has 0 aliphatic rings. The molecule has 0 bridgehead atoms. The maximum Gasteiger partial charge on any atom is 0.341 e. The Balaban J connectivity index is 5.56. The second-order valence-electron chi connectivity index (χ2n) is 3.13. The topological polar surface area (TPSA) is 190 Å². The van der Waals surface area contributed by atoms with Crippen molar-refractivity contribution in [1.82, 2.24) is 0 Å². The number of hydrogen-bond acceptors (Lipinski definition) is 4. The molecule has 0 aliphatic carbocycles. The van der Waals surface area contributed by atoms with E-state index in [0.717, 1.165) is 0 Å². The van der Waals surface area contributed by atoms with Crippen LogP contribution in [0.25, 0.3) is 0 Å². The van der Waals surface area contributed by atoms with Gasteiger partial charge in [0.15, 0.2) is 5.40 Å². The lowest BCUT2D eigenvalue weighted by Crippen LogP contribution is -2.30. The van der Waals surface area contributed by atoms with E-state index in [2.05, 4.69) is 0 Å². The van der Waals surface area contributed by atoms with Crippen molar-refractivity contribution in [2.45, 2.75) is 11.8 Å². The minimum Gasteiger partial charge on any atom is -0.481 e. The molecule has 0 saturated carbocycles. The van der Waals surface area contributed by atoms with Crippen LogP contribution in [0.1, 0.15) is 6.42 Å². The van der Waals surface area contributed by atoms with Crippen LogP contribution in [-0.4, -0.2) is 47.1 Å². The standard InChI is InChI=1S/C5H10O10P2/c6-3(7)1-2(4(8)9)5(16(10,11)12)17(13,14)15/h2,5H,1H2,(H,6,7)(H,8,9)(H2,10,11,12)(H2,13,14,15)/t2-/m0/s1. The van der Waals surface area contributed by atoms with E-state index >= 15 is 0 Å². The quantitative estimate of drug-likeness (QED) is 0.325. The summed E-state index contributed by atoms with van der Waals surface area (Å²) in [4.78, 5) is 55.8. The molecule has 0 aromatic carbocycles. The van der Waals surface area contributed by atoms with Crippen LogP contribution in [0.15, 0.2) is 0 Å². The van der Waals surface area contributed by atoms with Crippen molar-refractivity contribution in [3.63, 3.8) is 0 Å². The predicted molar refractivity (Wildman–Crippen MR) is 51.3 cm³/mol. The molecule has 6 N–H and O–H groups in total. The van der Waals surface area contributed by atoms with Gasteiger partial charge in [0.25, 0.3) is 0 Å². The van der Waals surface area contributed by atoms with E-state index in [1.807, 2.05) is 0 Å². The second-order valence-corrected chi connectivity index (χ2v) is 7.01. The Kier molecular flexibility index (Phi) is 5.02. The van der Waals surface area contributed by atoms with Gasteiger partial charge in [0.2, 0.25) is 0 Å². The van der Waals surface area contributed by atoms with Crippen LogP contribution in [0, 0.1) is 5.92 Å². The highest BCUT2D eigenvalue weighted by atomic mass is 31.2. The van der Waals surface area contributed by atoms with Crippen molar-refractivity contribution in [2.24, 2.45) is 5.92 Å². The zero-order valence-electron chi connectivity index (χ0n) is 8.07. The summed E-state index contributed by atoms with van der Waals surface area (Å²) in [7, 11) is -10.9. The van der Waals surface area contributed by atoms with Gasteiger partial charge in [0.05, 0.1) is 12.3 Å². The maximum absolute atomic E-state index is 10.9. The van der Waals surface area contributed by atoms with Crippen molar-refractivity contribution in [2.75, 3.05) is 0 Å². The first-order valence-corrected chi connectivity index (χ1v) is 7.28. The minimum absolute atomic E-state index is 1.31. The summed E-state index contributed by atoms with van der Waals surface area (Å²) in [6.07, 6.45) is -1.31. The Labute approximate surface area is 94.2 Å². The molecule has 0 unspecified atom stereocenters. The van der Waals surface area contributed by atoms with E-state index in [4.69, 9.17) is 29.8 Å². The highest BCUT2D eigenvalue weighted by molar-refractivity contribution is 7.70. The largest absolute Gasteiger partial charge is 0.481 e. The molecule has 0 aliphatic heterocycles. The summed E-state index contributed by atoms with van der Waals surface area (Å²) in [5, 5.41) is 14.0. The Bertz CT molecular complexity index is 381. The fraction of sp³-hybridized carbons (Fsp3) is 0.600. The molecule has 0 saturated heterocycles. The number of carbonyl (C=O) groups is 2. The summed E-state index contributed by atoms with van der Waals surface area (Å²) >= 11 is 0. The monoisotopic (exact) mass is 292 g/mol. The van der Waals surface area contributed by atoms with E-state index in [1.54, 1.807) is 0 Å². The predicted octanol–water partition coefficient (Wildman–Crippen LogP) is -1.16. The molecule has 17 heavy (non-hydrogen) atoms. The first-order valence-electron chi connectivity index (χ1n) is 3.92. The number of hydrogen-bond donors (Lipinski definition) is 6. The first kappa shape index (κ1) is 16.2. The van der Waals surface area contributed by atoms with Gasteiger partial charge in [0, 0.05) is 0 Å². The number of aliphatic carboxylic acids is 2. The van der Waals surface area contributed by atoms with Crippen LogP contribution in [-0.2, 0) is 18.7 Å². The first-order chi connectivity index (χ1) is 7.37. The Hall–Kier alpha value is -0.760. The molecule has 0 heterocycles. The summed E-state index contributed by atoms with van der Waals surface area (Å²) in [6.45, 7) is 0.